The summed E-state index contributed by atoms with van der Waals surface area (Å²) in [5.41, 5.74) is 0.545. The van der Waals surface area contributed by atoms with E-state index in [0.717, 1.165) is 35.8 Å². The average molecular weight is 312 g/mol. The van der Waals surface area contributed by atoms with Gasteiger partial charge in [-0.25, -0.2) is 4.98 Å². The molecule has 2 N–H and O–H groups in total. The van der Waals surface area contributed by atoms with Gasteiger partial charge in [-0.1, -0.05) is 6.92 Å². The molecular formula is C13H18BrN3O. The second-order valence-corrected chi connectivity index (χ2v) is 5.65. The molecule has 1 saturated heterocycles. The highest BCUT2D eigenvalue weighted by Crippen LogP contribution is 2.25. The van der Waals surface area contributed by atoms with E-state index in [2.05, 4.69) is 31.5 Å². The fourth-order valence-electron chi connectivity index (χ4n) is 2.36. The molecule has 1 aliphatic rings. The molecule has 98 valence electrons. The molecule has 4 nitrogen and oxygen atoms in total. The van der Waals surface area contributed by atoms with E-state index >= 15 is 0 Å². The molecule has 0 spiro atoms. The number of hydrogen-bond acceptors (Lipinski definition) is 3. The van der Waals surface area contributed by atoms with Gasteiger partial charge in [0, 0.05) is 10.7 Å². The van der Waals surface area contributed by atoms with Crippen molar-refractivity contribution in [3.8, 4) is 0 Å². The van der Waals surface area contributed by atoms with E-state index in [-0.39, 0.29) is 5.91 Å². The Labute approximate surface area is 116 Å². The first-order valence-corrected chi connectivity index (χ1v) is 7.05. The number of aromatic nitrogens is 1. The van der Waals surface area contributed by atoms with Crippen molar-refractivity contribution in [1.82, 2.24) is 10.3 Å². The Bertz CT molecular complexity index is 456. The fraction of sp³-hybridized carbons (Fsp3) is 0.538. The lowest BCUT2D eigenvalue weighted by atomic mass is 9.93. The number of halogens is 1. The number of hydrogen-bond donors (Lipinski definition) is 2. The minimum atomic E-state index is -0.415. The monoisotopic (exact) mass is 311 g/mol. The van der Waals surface area contributed by atoms with Crippen LogP contribution in [0.2, 0.25) is 0 Å². The van der Waals surface area contributed by atoms with Crippen LogP contribution in [0, 0.1) is 6.92 Å². The molecule has 0 radical (unpaired) electrons. The summed E-state index contributed by atoms with van der Waals surface area (Å²) >= 11 is 3.37. The summed E-state index contributed by atoms with van der Waals surface area (Å²) in [6.45, 7) is 4.89. The summed E-state index contributed by atoms with van der Waals surface area (Å²) in [5.74, 6) is 0.671. The molecule has 2 rings (SSSR count). The van der Waals surface area contributed by atoms with E-state index < -0.39 is 5.54 Å². The predicted molar refractivity (Wildman–Crippen MR) is 75.6 cm³/mol. The first-order chi connectivity index (χ1) is 8.57. The molecule has 0 saturated carbocycles. The van der Waals surface area contributed by atoms with Crippen LogP contribution < -0.4 is 10.6 Å². The third-order valence-electron chi connectivity index (χ3n) is 3.56. The number of nitrogens with one attached hydrogen (secondary N) is 2. The minimum absolute atomic E-state index is 0.0282. The number of rotatable bonds is 3. The number of anilines is 1. The van der Waals surface area contributed by atoms with E-state index in [1.54, 1.807) is 6.20 Å². The van der Waals surface area contributed by atoms with Crippen LogP contribution in [0.25, 0.3) is 0 Å². The zero-order valence-corrected chi connectivity index (χ0v) is 12.3. The van der Waals surface area contributed by atoms with Gasteiger partial charge in [-0.05, 0) is 60.3 Å². The van der Waals surface area contributed by atoms with Crippen molar-refractivity contribution in [2.24, 2.45) is 0 Å². The van der Waals surface area contributed by atoms with Crippen LogP contribution in [0.3, 0.4) is 0 Å². The lowest BCUT2D eigenvalue weighted by molar-refractivity contribution is -0.122. The quantitative estimate of drug-likeness (QED) is 0.902. The van der Waals surface area contributed by atoms with Gasteiger partial charge in [0.25, 0.3) is 0 Å². The highest BCUT2D eigenvalue weighted by atomic mass is 79.9. The van der Waals surface area contributed by atoms with Crippen LogP contribution in [0.4, 0.5) is 5.82 Å². The Balaban J connectivity index is 2.15. The SMILES string of the molecule is CCC1(C(=O)Nc2ncc(Br)cc2C)CCCN1. The highest BCUT2D eigenvalue weighted by Gasteiger charge is 2.39. The molecule has 1 aromatic heterocycles. The van der Waals surface area contributed by atoms with Crippen LogP contribution in [-0.2, 0) is 4.79 Å². The zero-order chi connectivity index (χ0) is 13.2. The van der Waals surface area contributed by atoms with Crippen molar-refractivity contribution in [3.05, 3.63) is 22.3 Å². The van der Waals surface area contributed by atoms with Crippen molar-refractivity contribution in [3.63, 3.8) is 0 Å². The topological polar surface area (TPSA) is 54.0 Å². The van der Waals surface area contributed by atoms with Gasteiger partial charge in [-0.15, -0.1) is 0 Å². The Morgan fingerprint density at radius 3 is 3.00 bits per heavy atom. The lowest BCUT2D eigenvalue weighted by Crippen LogP contribution is -2.50. The van der Waals surface area contributed by atoms with Crippen molar-refractivity contribution < 1.29 is 4.79 Å². The average Bonchev–Trinajstić information content (AvgIpc) is 2.82. The summed E-state index contributed by atoms with van der Waals surface area (Å²) in [6, 6.07) is 1.95. The minimum Gasteiger partial charge on any atom is -0.309 e. The summed E-state index contributed by atoms with van der Waals surface area (Å²) in [4.78, 5) is 16.6. The maximum atomic E-state index is 12.4. The van der Waals surface area contributed by atoms with Crippen LogP contribution in [0.5, 0.6) is 0 Å². The Kier molecular flexibility index (Phi) is 4.02. The molecule has 1 fully saturated rings. The third kappa shape index (κ3) is 2.57. The van der Waals surface area contributed by atoms with Crippen LogP contribution in [0.15, 0.2) is 16.7 Å². The molecule has 1 aliphatic heterocycles. The number of carbonyl (C=O) groups is 1. The van der Waals surface area contributed by atoms with Gasteiger partial charge < -0.3 is 10.6 Å². The largest absolute Gasteiger partial charge is 0.309 e. The smallest absolute Gasteiger partial charge is 0.245 e. The third-order valence-corrected chi connectivity index (χ3v) is 3.99. The van der Waals surface area contributed by atoms with E-state index in [1.807, 2.05) is 19.9 Å². The first-order valence-electron chi connectivity index (χ1n) is 6.26. The summed E-state index contributed by atoms with van der Waals surface area (Å²) in [5, 5.41) is 6.26. The van der Waals surface area contributed by atoms with Crippen molar-refractivity contribution in [2.45, 2.75) is 38.6 Å². The number of pyridine rings is 1. The Morgan fingerprint density at radius 1 is 1.67 bits per heavy atom. The number of aryl methyl sites for hydroxylation is 1. The summed E-state index contributed by atoms with van der Waals surface area (Å²) < 4.78 is 0.919. The molecule has 18 heavy (non-hydrogen) atoms. The Hall–Kier alpha value is -0.940. The highest BCUT2D eigenvalue weighted by molar-refractivity contribution is 9.10. The molecule has 1 atom stereocenters. The molecule has 1 aromatic rings. The molecule has 5 heteroatoms. The van der Waals surface area contributed by atoms with E-state index in [4.69, 9.17) is 0 Å². The molecule has 0 aromatic carbocycles. The fourth-order valence-corrected chi connectivity index (χ4v) is 2.81. The molecule has 1 amide bonds. The van der Waals surface area contributed by atoms with Crippen molar-refractivity contribution in [1.29, 1.82) is 0 Å². The van der Waals surface area contributed by atoms with E-state index in [9.17, 15) is 4.79 Å². The molecule has 1 unspecified atom stereocenters. The number of carbonyl (C=O) groups excluding carboxylic acids is 1. The predicted octanol–water partition coefficient (Wildman–Crippen LogP) is 2.62. The van der Waals surface area contributed by atoms with Crippen LogP contribution in [0.1, 0.15) is 31.7 Å². The zero-order valence-electron chi connectivity index (χ0n) is 10.7. The van der Waals surface area contributed by atoms with Crippen molar-refractivity contribution in [2.75, 3.05) is 11.9 Å². The van der Waals surface area contributed by atoms with Gasteiger partial charge in [0.2, 0.25) is 5.91 Å². The second kappa shape index (κ2) is 5.36. The number of amides is 1. The first kappa shape index (κ1) is 13.5. The van der Waals surface area contributed by atoms with E-state index in [1.165, 1.54) is 0 Å². The van der Waals surface area contributed by atoms with Crippen LogP contribution >= 0.6 is 15.9 Å². The van der Waals surface area contributed by atoms with Crippen molar-refractivity contribution >= 4 is 27.7 Å². The van der Waals surface area contributed by atoms with Gasteiger partial charge >= 0.3 is 0 Å². The van der Waals surface area contributed by atoms with Gasteiger partial charge in [0.15, 0.2) is 0 Å². The second-order valence-electron chi connectivity index (χ2n) is 4.74. The standard InChI is InChI=1S/C13H18BrN3O/c1-3-13(5-4-6-16-13)12(18)17-11-9(2)7-10(14)8-15-11/h7-8,16H,3-6H2,1-2H3,(H,15,17,18). The number of nitrogens with zero attached hydrogens (tertiary/aromatic N) is 1. The maximum absolute atomic E-state index is 12.4. The van der Waals surface area contributed by atoms with Gasteiger partial charge in [0.1, 0.15) is 5.82 Å². The van der Waals surface area contributed by atoms with Gasteiger partial charge in [-0.2, -0.15) is 0 Å². The Morgan fingerprint density at radius 2 is 2.44 bits per heavy atom. The summed E-state index contributed by atoms with van der Waals surface area (Å²) in [6.07, 6.45) is 4.44. The normalized spacial score (nSPS) is 23.1. The van der Waals surface area contributed by atoms with Gasteiger partial charge in [0.05, 0.1) is 5.54 Å². The molecular weight excluding hydrogens is 294 g/mol. The lowest BCUT2D eigenvalue weighted by Gasteiger charge is -2.26. The van der Waals surface area contributed by atoms with E-state index in [0.29, 0.717) is 5.82 Å². The van der Waals surface area contributed by atoms with Crippen LogP contribution in [-0.4, -0.2) is 23.0 Å². The summed E-state index contributed by atoms with van der Waals surface area (Å²) in [7, 11) is 0. The molecule has 0 aliphatic carbocycles. The molecule has 2 heterocycles. The maximum Gasteiger partial charge on any atom is 0.245 e. The molecule has 0 bridgehead atoms. The van der Waals surface area contributed by atoms with Gasteiger partial charge in [-0.3, -0.25) is 4.79 Å².